The van der Waals surface area contributed by atoms with Crippen LogP contribution in [0, 0.1) is 3.57 Å². The van der Waals surface area contributed by atoms with E-state index in [4.69, 9.17) is 0 Å². The van der Waals surface area contributed by atoms with Gasteiger partial charge in [0.05, 0.1) is 5.56 Å². The number of thiophene rings is 1. The Hall–Kier alpha value is -1.64. The van der Waals surface area contributed by atoms with Crippen LogP contribution < -0.4 is 5.32 Å². The van der Waals surface area contributed by atoms with Gasteiger partial charge in [-0.25, -0.2) is 0 Å². The Balaban J connectivity index is 1.75. The van der Waals surface area contributed by atoms with E-state index in [1.54, 1.807) is 18.2 Å². The Bertz CT molecular complexity index is 1040. The van der Waals surface area contributed by atoms with Crippen molar-refractivity contribution in [3.05, 3.63) is 67.6 Å². The largest absolute Gasteiger partial charge is 0.313 e. The lowest BCUT2D eigenvalue weighted by molar-refractivity contribution is 0.102. The van der Waals surface area contributed by atoms with E-state index in [1.807, 2.05) is 6.07 Å². The molecule has 0 aliphatic heterocycles. The number of aldehydes is 1. The molecular weight excluding hydrogens is 477 g/mol. The molecule has 0 saturated heterocycles. The molecule has 1 N–H and O–H groups in total. The maximum absolute atomic E-state index is 12.6. The van der Waals surface area contributed by atoms with Crippen LogP contribution in [0.15, 0.2) is 47.4 Å². The molecule has 1 aliphatic rings. The van der Waals surface area contributed by atoms with Crippen molar-refractivity contribution in [2.24, 2.45) is 0 Å². The number of halogens is 1. The van der Waals surface area contributed by atoms with Gasteiger partial charge >= 0.3 is 0 Å². The molecule has 6 heteroatoms. The summed E-state index contributed by atoms with van der Waals surface area (Å²) in [4.78, 5) is 26.3. The number of aryl methyl sites for hydroxylation is 2. The Morgan fingerprint density at radius 3 is 2.81 bits per heavy atom. The summed E-state index contributed by atoms with van der Waals surface area (Å²) >= 11 is 8.08. The number of carbonyl (C=O) groups excluding carboxylic acids is 2. The highest BCUT2D eigenvalue weighted by Gasteiger charge is 2.25. The molecule has 1 aromatic heterocycles. The van der Waals surface area contributed by atoms with Crippen LogP contribution in [0.25, 0.3) is 11.1 Å². The topological polar surface area (TPSA) is 46.2 Å². The molecule has 0 saturated carbocycles. The average Bonchev–Trinajstić information content (AvgIpc) is 2.98. The first kappa shape index (κ1) is 17.8. The smallest absolute Gasteiger partial charge is 0.256 e. The molecule has 2 aromatic carbocycles. The summed E-state index contributed by atoms with van der Waals surface area (Å²) in [6.07, 6.45) is 2.69. The van der Waals surface area contributed by atoms with Crippen molar-refractivity contribution in [3.63, 3.8) is 0 Å². The van der Waals surface area contributed by atoms with E-state index in [0.29, 0.717) is 16.1 Å². The number of rotatable bonds is 3. The third kappa shape index (κ3) is 3.21. The third-order valence-corrected chi connectivity index (χ3v) is 6.56. The second kappa shape index (κ2) is 7.17. The highest BCUT2D eigenvalue weighted by molar-refractivity contribution is 14.1. The minimum Gasteiger partial charge on any atom is -0.313 e. The van der Waals surface area contributed by atoms with Crippen molar-refractivity contribution in [2.75, 3.05) is 5.32 Å². The normalized spacial score (nSPS) is 12.2. The van der Waals surface area contributed by atoms with E-state index in [9.17, 15) is 9.59 Å². The number of amides is 1. The Labute approximate surface area is 174 Å². The van der Waals surface area contributed by atoms with Crippen molar-refractivity contribution >= 4 is 63.8 Å². The second-order valence-electron chi connectivity index (χ2n) is 6.07. The predicted octanol–water partition coefficient (Wildman–Crippen LogP) is 5.47. The van der Waals surface area contributed by atoms with Crippen LogP contribution in [-0.2, 0) is 12.8 Å². The zero-order chi connectivity index (χ0) is 18.3. The number of thiol groups is 1. The molecule has 4 rings (SSSR count). The first-order chi connectivity index (χ1) is 12.6. The van der Waals surface area contributed by atoms with E-state index in [-0.39, 0.29) is 5.91 Å². The Kier molecular flexibility index (Phi) is 4.90. The van der Waals surface area contributed by atoms with E-state index >= 15 is 0 Å². The minimum absolute atomic E-state index is 0.231. The van der Waals surface area contributed by atoms with Crippen molar-refractivity contribution in [2.45, 2.75) is 17.7 Å². The molecule has 0 radical (unpaired) electrons. The number of hydrogen-bond acceptors (Lipinski definition) is 4. The number of fused-ring (bicyclic) bond motifs is 3. The molecule has 26 heavy (non-hydrogen) atoms. The molecular formula is C20H14INO2S2. The predicted molar refractivity (Wildman–Crippen MR) is 117 cm³/mol. The monoisotopic (exact) mass is 491 g/mol. The molecule has 3 aromatic rings. The molecule has 1 aliphatic carbocycles. The summed E-state index contributed by atoms with van der Waals surface area (Å²) in [7, 11) is 0. The standard InChI is InChI=1S/C20H14INO2S2/c21-13-5-6-15-11(8-13)4-7-17-18(15)16(10-23)20(26-17)22-19(24)12-2-1-3-14(25)9-12/h1-3,5-6,8-10,25H,4,7H2,(H,22,24). The molecule has 0 atom stereocenters. The lowest BCUT2D eigenvalue weighted by Gasteiger charge is -2.17. The fourth-order valence-corrected chi connectivity index (χ4v) is 5.21. The highest BCUT2D eigenvalue weighted by atomic mass is 127. The van der Waals surface area contributed by atoms with Crippen LogP contribution in [0.2, 0.25) is 0 Å². The highest BCUT2D eigenvalue weighted by Crippen LogP contribution is 2.44. The van der Waals surface area contributed by atoms with Gasteiger partial charge in [0, 0.05) is 24.5 Å². The summed E-state index contributed by atoms with van der Waals surface area (Å²) in [6.45, 7) is 0. The van der Waals surface area contributed by atoms with Crippen molar-refractivity contribution in [1.29, 1.82) is 0 Å². The molecule has 0 fully saturated rings. The van der Waals surface area contributed by atoms with Crippen LogP contribution >= 0.6 is 46.6 Å². The van der Waals surface area contributed by atoms with Gasteiger partial charge in [0.2, 0.25) is 0 Å². The van der Waals surface area contributed by atoms with Crippen molar-refractivity contribution < 1.29 is 9.59 Å². The summed E-state index contributed by atoms with van der Waals surface area (Å²) in [5.74, 6) is -0.231. The zero-order valence-electron chi connectivity index (χ0n) is 13.6. The summed E-state index contributed by atoms with van der Waals surface area (Å²) in [6, 6.07) is 13.3. The molecule has 1 heterocycles. The Morgan fingerprint density at radius 2 is 2.04 bits per heavy atom. The first-order valence-corrected chi connectivity index (χ1v) is 10.4. The van der Waals surface area contributed by atoms with E-state index in [1.165, 1.54) is 20.5 Å². The fourth-order valence-electron chi connectivity index (χ4n) is 3.25. The second-order valence-corrected chi connectivity index (χ2v) is 8.93. The van der Waals surface area contributed by atoms with Gasteiger partial charge in [-0.3, -0.25) is 9.59 Å². The van der Waals surface area contributed by atoms with E-state index in [0.717, 1.165) is 40.0 Å². The van der Waals surface area contributed by atoms with Crippen molar-refractivity contribution in [3.8, 4) is 11.1 Å². The number of nitrogens with one attached hydrogen (secondary N) is 1. The van der Waals surface area contributed by atoms with Crippen LogP contribution in [0.3, 0.4) is 0 Å². The van der Waals surface area contributed by atoms with Gasteiger partial charge in [-0.15, -0.1) is 24.0 Å². The van der Waals surface area contributed by atoms with Gasteiger partial charge in [-0.1, -0.05) is 12.1 Å². The van der Waals surface area contributed by atoms with Gasteiger partial charge in [0.15, 0.2) is 6.29 Å². The van der Waals surface area contributed by atoms with Crippen LogP contribution in [0.1, 0.15) is 31.2 Å². The number of carbonyl (C=O) groups is 2. The summed E-state index contributed by atoms with van der Waals surface area (Å²) < 4.78 is 1.19. The van der Waals surface area contributed by atoms with Crippen molar-refractivity contribution in [1.82, 2.24) is 0 Å². The van der Waals surface area contributed by atoms with Gasteiger partial charge < -0.3 is 5.32 Å². The fraction of sp³-hybridized carbons (Fsp3) is 0.100. The average molecular weight is 491 g/mol. The van der Waals surface area contributed by atoms with Crippen LogP contribution in [0.5, 0.6) is 0 Å². The number of hydrogen-bond donors (Lipinski definition) is 2. The molecule has 1 amide bonds. The minimum atomic E-state index is -0.231. The van der Waals surface area contributed by atoms with Crippen LogP contribution in [0.4, 0.5) is 5.00 Å². The maximum Gasteiger partial charge on any atom is 0.256 e. The van der Waals surface area contributed by atoms with Gasteiger partial charge in [-0.05, 0) is 76.9 Å². The Morgan fingerprint density at radius 1 is 1.19 bits per heavy atom. The van der Waals surface area contributed by atoms with Gasteiger partial charge in [0.1, 0.15) is 5.00 Å². The first-order valence-electron chi connectivity index (χ1n) is 8.07. The summed E-state index contributed by atoms with van der Waals surface area (Å²) in [5.41, 5.74) is 4.42. The molecule has 130 valence electrons. The van der Waals surface area contributed by atoms with Gasteiger partial charge in [-0.2, -0.15) is 0 Å². The molecule has 0 bridgehead atoms. The lowest BCUT2D eigenvalue weighted by atomic mass is 9.88. The van der Waals surface area contributed by atoms with E-state index in [2.05, 4.69) is 58.7 Å². The number of anilines is 1. The summed E-state index contributed by atoms with van der Waals surface area (Å²) in [5, 5.41) is 3.53. The third-order valence-electron chi connectivity index (χ3n) is 4.43. The van der Waals surface area contributed by atoms with Crippen LogP contribution in [-0.4, -0.2) is 12.2 Å². The molecule has 0 unspecified atom stereocenters. The SMILES string of the molecule is O=Cc1c(NC(=O)c2cccc(S)c2)sc2c1-c1ccc(I)cc1CC2. The maximum atomic E-state index is 12.6. The lowest BCUT2D eigenvalue weighted by Crippen LogP contribution is -2.12. The van der Waals surface area contributed by atoms with E-state index < -0.39 is 0 Å². The number of benzene rings is 2. The molecule has 0 spiro atoms. The zero-order valence-corrected chi connectivity index (χ0v) is 17.5. The molecule has 3 nitrogen and oxygen atoms in total. The quantitative estimate of drug-likeness (QED) is 0.290. The van der Waals surface area contributed by atoms with Gasteiger partial charge in [0.25, 0.3) is 5.91 Å².